The average Bonchev–Trinajstić information content (AvgIpc) is 2.44. The highest BCUT2D eigenvalue weighted by atomic mass is 32.2. The molecule has 0 saturated carbocycles. The van der Waals surface area contributed by atoms with Crippen molar-refractivity contribution in [3.8, 4) is 5.75 Å². The first-order chi connectivity index (χ1) is 9.58. The third-order valence-electron chi connectivity index (χ3n) is 2.62. The highest BCUT2D eigenvalue weighted by Crippen LogP contribution is 2.17. The molecule has 0 bridgehead atoms. The van der Waals surface area contributed by atoms with Gasteiger partial charge in [-0.3, -0.25) is 4.79 Å². The number of halogens is 2. The van der Waals surface area contributed by atoms with Crippen molar-refractivity contribution in [1.29, 1.82) is 0 Å². The van der Waals surface area contributed by atoms with Crippen LogP contribution in [0.1, 0.15) is 10.4 Å². The van der Waals surface area contributed by atoms with Crippen LogP contribution < -0.4 is 4.74 Å². The minimum absolute atomic E-state index is 0.00316. The first-order valence-electron chi connectivity index (χ1n) is 5.84. The van der Waals surface area contributed by atoms with E-state index < -0.39 is 11.6 Å². The van der Waals surface area contributed by atoms with Crippen molar-refractivity contribution in [3.05, 3.63) is 59.7 Å². The van der Waals surface area contributed by atoms with Crippen molar-refractivity contribution < 1.29 is 18.3 Å². The Hall–Kier alpha value is -1.88. The summed E-state index contributed by atoms with van der Waals surface area (Å²) < 4.78 is 31.0. The summed E-state index contributed by atoms with van der Waals surface area (Å²) in [6, 6.07) is 9.88. The van der Waals surface area contributed by atoms with E-state index in [9.17, 15) is 13.6 Å². The van der Waals surface area contributed by atoms with Gasteiger partial charge in [0.05, 0.1) is 0 Å². The molecule has 0 atom stereocenters. The summed E-state index contributed by atoms with van der Waals surface area (Å²) in [5, 5.41) is 0. The Labute approximate surface area is 119 Å². The topological polar surface area (TPSA) is 26.3 Å². The summed E-state index contributed by atoms with van der Waals surface area (Å²) in [7, 11) is 0. The van der Waals surface area contributed by atoms with E-state index in [1.807, 2.05) is 18.4 Å². The summed E-state index contributed by atoms with van der Waals surface area (Å²) in [6.07, 6.45) is 1.94. The van der Waals surface area contributed by atoms with Gasteiger partial charge in [0.15, 0.2) is 12.4 Å². The van der Waals surface area contributed by atoms with Gasteiger partial charge in [-0.25, -0.2) is 8.78 Å². The number of ketones is 1. The lowest BCUT2D eigenvalue weighted by molar-refractivity contribution is 0.0921. The largest absolute Gasteiger partial charge is 0.485 e. The van der Waals surface area contributed by atoms with E-state index >= 15 is 0 Å². The lowest BCUT2D eigenvalue weighted by atomic mass is 10.1. The van der Waals surface area contributed by atoms with Crippen molar-refractivity contribution in [2.45, 2.75) is 4.90 Å². The number of Topliss-reactive ketones (excluding diaryl/α,β-unsaturated/α-hetero) is 1. The van der Waals surface area contributed by atoms with Crippen LogP contribution in [0.4, 0.5) is 8.78 Å². The number of benzene rings is 2. The molecule has 2 rings (SSSR count). The van der Waals surface area contributed by atoms with Crippen LogP contribution in [0.3, 0.4) is 0 Å². The van der Waals surface area contributed by atoms with Crippen LogP contribution in [0.5, 0.6) is 5.75 Å². The number of ether oxygens (including phenoxy) is 1. The Balaban J connectivity index is 2.00. The molecule has 0 unspecified atom stereocenters. The zero-order chi connectivity index (χ0) is 14.5. The van der Waals surface area contributed by atoms with E-state index in [2.05, 4.69) is 0 Å². The summed E-state index contributed by atoms with van der Waals surface area (Å²) in [5.74, 6) is -1.73. The van der Waals surface area contributed by atoms with E-state index in [0.717, 1.165) is 23.1 Å². The molecule has 0 spiro atoms. The minimum atomic E-state index is -0.739. The molecule has 20 heavy (non-hydrogen) atoms. The summed E-state index contributed by atoms with van der Waals surface area (Å²) >= 11 is 1.58. The monoisotopic (exact) mass is 294 g/mol. The molecular weight excluding hydrogens is 282 g/mol. The summed E-state index contributed by atoms with van der Waals surface area (Å²) in [4.78, 5) is 12.9. The van der Waals surface area contributed by atoms with Crippen LogP contribution in [0.15, 0.2) is 47.4 Å². The molecular formula is C15H12F2O2S. The van der Waals surface area contributed by atoms with Crippen molar-refractivity contribution in [1.82, 2.24) is 0 Å². The van der Waals surface area contributed by atoms with E-state index in [1.54, 1.807) is 23.9 Å². The number of hydrogen-bond donors (Lipinski definition) is 0. The normalized spacial score (nSPS) is 10.3. The fraction of sp³-hybridized carbons (Fsp3) is 0.133. The molecule has 0 heterocycles. The molecule has 0 aliphatic heterocycles. The van der Waals surface area contributed by atoms with Crippen LogP contribution in [-0.2, 0) is 0 Å². The van der Waals surface area contributed by atoms with E-state index in [1.165, 1.54) is 0 Å². The van der Waals surface area contributed by atoms with Gasteiger partial charge in [0, 0.05) is 28.7 Å². The van der Waals surface area contributed by atoms with E-state index in [4.69, 9.17) is 4.74 Å². The van der Waals surface area contributed by atoms with Gasteiger partial charge in [-0.1, -0.05) is 12.1 Å². The van der Waals surface area contributed by atoms with Crippen LogP contribution in [0.2, 0.25) is 0 Å². The van der Waals surface area contributed by atoms with Crippen LogP contribution in [0.25, 0.3) is 0 Å². The van der Waals surface area contributed by atoms with Gasteiger partial charge in [-0.2, -0.15) is 0 Å². The Morgan fingerprint density at radius 3 is 2.25 bits per heavy atom. The number of hydrogen-bond acceptors (Lipinski definition) is 3. The number of carbonyl (C=O) groups excluding carboxylic acids is 1. The highest BCUT2D eigenvalue weighted by Gasteiger charge is 2.08. The molecule has 0 amide bonds. The maximum absolute atomic E-state index is 13.0. The Morgan fingerprint density at radius 2 is 1.70 bits per heavy atom. The predicted molar refractivity (Wildman–Crippen MR) is 74.4 cm³/mol. The highest BCUT2D eigenvalue weighted by molar-refractivity contribution is 7.98. The molecule has 0 N–H and O–H groups in total. The molecule has 0 saturated heterocycles. The fourth-order valence-electron chi connectivity index (χ4n) is 1.62. The SMILES string of the molecule is CSc1ccc(C(=O)COc2cc(F)cc(F)c2)cc1. The van der Waals surface area contributed by atoms with Gasteiger partial charge in [0.25, 0.3) is 0 Å². The van der Waals surface area contributed by atoms with Crippen molar-refractivity contribution in [2.24, 2.45) is 0 Å². The molecule has 0 radical (unpaired) electrons. The predicted octanol–water partition coefficient (Wildman–Crippen LogP) is 3.95. The smallest absolute Gasteiger partial charge is 0.200 e. The van der Waals surface area contributed by atoms with Gasteiger partial charge in [0.1, 0.15) is 17.4 Å². The third-order valence-corrected chi connectivity index (χ3v) is 3.36. The molecule has 5 heteroatoms. The number of rotatable bonds is 5. The maximum atomic E-state index is 13.0. The van der Waals surface area contributed by atoms with Crippen LogP contribution in [0, 0.1) is 11.6 Å². The van der Waals surface area contributed by atoms with Gasteiger partial charge in [-0.05, 0) is 18.4 Å². The first kappa shape index (κ1) is 14.5. The van der Waals surface area contributed by atoms with E-state index in [0.29, 0.717) is 5.56 Å². The van der Waals surface area contributed by atoms with Gasteiger partial charge < -0.3 is 4.74 Å². The fourth-order valence-corrected chi connectivity index (χ4v) is 2.03. The lowest BCUT2D eigenvalue weighted by Gasteiger charge is -2.06. The Bertz CT molecular complexity index is 592. The van der Waals surface area contributed by atoms with Gasteiger partial charge >= 0.3 is 0 Å². The van der Waals surface area contributed by atoms with Gasteiger partial charge in [0.2, 0.25) is 0 Å². The molecule has 104 valence electrons. The quantitative estimate of drug-likeness (QED) is 0.617. The Kier molecular flexibility index (Phi) is 4.74. The Morgan fingerprint density at radius 1 is 1.10 bits per heavy atom. The van der Waals surface area contributed by atoms with Crippen LogP contribution >= 0.6 is 11.8 Å². The summed E-state index contributed by atoms with van der Waals surface area (Å²) in [5.41, 5.74) is 0.500. The first-order valence-corrected chi connectivity index (χ1v) is 7.07. The standard InChI is InChI=1S/C15H12F2O2S/c1-20-14-4-2-10(3-5-14)15(18)9-19-13-7-11(16)6-12(17)8-13/h2-8H,9H2,1H3. The van der Waals surface area contributed by atoms with Crippen molar-refractivity contribution in [2.75, 3.05) is 12.9 Å². The molecule has 0 aromatic heterocycles. The van der Waals surface area contributed by atoms with Crippen LogP contribution in [-0.4, -0.2) is 18.6 Å². The average molecular weight is 294 g/mol. The second-order valence-corrected chi connectivity index (χ2v) is 4.93. The summed E-state index contributed by atoms with van der Waals surface area (Å²) in [6.45, 7) is -0.262. The lowest BCUT2D eigenvalue weighted by Crippen LogP contribution is -2.11. The minimum Gasteiger partial charge on any atom is -0.485 e. The second-order valence-electron chi connectivity index (χ2n) is 4.05. The van der Waals surface area contributed by atoms with Crippen molar-refractivity contribution in [3.63, 3.8) is 0 Å². The zero-order valence-electron chi connectivity index (χ0n) is 10.7. The molecule has 0 aliphatic carbocycles. The van der Waals surface area contributed by atoms with E-state index in [-0.39, 0.29) is 18.1 Å². The molecule has 2 aromatic carbocycles. The van der Waals surface area contributed by atoms with Gasteiger partial charge in [-0.15, -0.1) is 11.8 Å². The second kappa shape index (κ2) is 6.52. The molecule has 0 fully saturated rings. The number of carbonyl (C=O) groups is 1. The maximum Gasteiger partial charge on any atom is 0.200 e. The molecule has 0 aliphatic rings. The molecule has 2 aromatic rings. The molecule has 2 nitrogen and oxygen atoms in total. The van der Waals surface area contributed by atoms with Crippen molar-refractivity contribution >= 4 is 17.5 Å². The zero-order valence-corrected chi connectivity index (χ0v) is 11.5. The third kappa shape index (κ3) is 3.81. The number of thioether (sulfide) groups is 1.